The quantitative estimate of drug-likeness (QED) is 0.786. The Labute approximate surface area is 134 Å². The van der Waals surface area contributed by atoms with Gasteiger partial charge >= 0.3 is 0 Å². The summed E-state index contributed by atoms with van der Waals surface area (Å²) in [5.74, 6) is 1.17. The Kier molecular flexibility index (Phi) is 7.77. The molecular formula is C14H22BrClN2S. The highest BCUT2D eigenvalue weighted by Gasteiger charge is 2.21. The molecule has 0 heterocycles. The van der Waals surface area contributed by atoms with E-state index in [2.05, 4.69) is 47.1 Å². The minimum absolute atomic E-state index is 0.212. The zero-order valence-electron chi connectivity index (χ0n) is 11.7. The number of likely N-dealkylation sites (N-methyl/N-ethyl adjacent to an activating group) is 1. The molecule has 1 aromatic rings. The van der Waals surface area contributed by atoms with Crippen LogP contribution in [0.3, 0.4) is 0 Å². The Morgan fingerprint density at radius 3 is 2.68 bits per heavy atom. The number of halogens is 2. The van der Waals surface area contributed by atoms with E-state index in [0.717, 1.165) is 9.50 Å². The van der Waals surface area contributed by atoms with Crippen molar-refractivity contribution in [3.63, 3.8) is 0 Å². The monoisotopic (exact) mass is 364 g/mol. The molecule has 0 bridgehead atoms. The lowest BCUT2D eigenvalue weighted by atomic mass is 10.0. The molecule has 1 rings (SSSR count). The standard InChI is InChI=1S/C14H22BrClN2S/c1-10(6-7-19-3)18(2)14(9-17)12-5-4-11(16)8-13(12)15/h4-5,8,10,14H,6-7,9,17H2,1-3H3. The molecule has 1 aromatic carbocycles. The zero-order valence-corrected chi connectivity index (χ0v) is 14.9. The molecule has 2 nitrogen and oxygen atoms in total. The number of hydrogen-bond acceptors (Lipinski definition) is 3. The molecule has 0 saturated heterocycles. The van der Waals surface area contributed by atoms with Gasteiger partial charge in [0.05, 0.1) is 0 Å². The zero-order chi connectivity index (χ0) is 14.4. The molecule has 2 N–H and O–H groups in total. The van der Waals surface area contributed by atoms with Gasteiger partial charge in [0.25, 0.3) is 0 Å². The molecule has 0 radical (unpaired) electrons. The molecule has 108 valence electrons. The molecule has 19 heavy (non-hydrogen) atoms. The summed E-state index contributed by atoms with van der Waals surface area (Å²) >= 11 is 11.5. The van der Waals surface area contributed by atoms with Crippen LogP contribution in [0.4, 0.5) is 0 Å². The van der Waals surface area contributed by atoms with Crippen molar-refractivity contribution in [2.45, 2.75) is 25.4 Å². The molecule has 0 amide bonds. The lowest BCUT2D eigenvalue weighted by molar-refractivity contribution is 0.185. The summed E-state index contributed by atoms with van der Waals surface area (Å²) in [4.78, 5) is 2.35. The molecule has 0 fully saturated rings. The van der Waals surface area contributed by atoms with Crippen LogP contribution < -0.4 is 5.73 Å². The fraction of sp³-hybridized carbons (Fsp3) is 0.571. The first-order valence-electron chi connectivity index (χ1n) is 6.37. The highest BCUT2D eigenvalue weighted by molar-refractivity contribution is 9.10. The maximum absolute atomic E-state index is 6.00. The van der Waals surface area contributed by atoms with Crippen molar-refractivity contribution in [1.82, 2.24) is 4.90 Å². The molecule has 0 aliphatic rings. The third-order valence-corrected chi connectivity index (χ3v) is 5.04. The van der Waals surface area contributed by atoms with E-state index in [1.165, 1.54) is 17.7 Å². The summed E-state index contributed by atoms with van der Waals surface area (Å²) < 4.78 is 1.03. The van der Waals surface area contributed by atoms with Gasteiger partial charge in [-0.05, 0) is 50.1 Å². The van der Waals surface area contributed by atoms with Crippen LogP contribution in [0.2, 0.25) is 5.02 Å². The Bertz CT molecular complexity index is 403. The van der Waals surface area contributed by atoms with Crippen molar-refractivity contribution in [1.29, 1.82) is 0 Å². The third kappa shape index (κ3) is 4.94. The van der Waals surface area contributed by atoms with Gasteiger partial charge in [-0.15, -0.1) is 0 Å². The Balaban J connectivity index is 2.86. The van der Waals surface area contributed by atoms with Crippen molar-refractivity contribution >= 4 is 39.3 Å². The molecule has 0 saturated carbocycles. The van der Waals surface area contributed by atoms with Crippen LogP contribution in [0, 0.1) is 0 Å². The van der Waals surface area contributed by atoms with Crippen LogP contribution in [-0.4, -0.2) is 36.5 Å². The normalized spacial score (nSPS) is 14.7. The molecule has 0 aliphatic heterocycles. The SMILES string of the molecule is CSCCC(C)N(C)C(CN)c1ccc(Cl)cc1Br. The van der Waals surface area contributed by atoms with Crippen LogP contribution in [0.5, 0.6) is 0 Å². The van der Waals surface area contributed by atoms with E-state index in [1.807, 2.05) is 23.9 Å². The van der Waals surface area contributed by atoms with Gasteiger partial charge in [-0.1, -0.05) is 33.6 Å². The second-order valence-electron chi connectivity index (χ2n) is 4.71. The summed E-state index contributed by atoms with van der Waals surface area (Å²) in [7, 11) is 2.14. The summed E-state index contributed by atoms with van der Waals surface area (Å²) in [6.07, 6.45) is 3.31. The van der Waals surface area contributed by atoms with E-state index in [4.69, 9.17) is 17.3 Å². The fourth-order valence-corrected chi connectivity index (χ4v) is 3.61. The Morgan fingerprint density at radius 1 is 1.47 bits per heavy atom. The van der Waals surface area contributed by atoms with Crippen molar-refractivity contribution in [2.24, 2.45) is 5.73 Å². The average molecular weight is 366 g/mol. The Hall–Kier alpha value is 0.260. The lowest BCUT2D eigenvalue weighted by Crippen LogP contribution is -2.37. The van der Waals surface area contributed by atoms with E-state index < -0.39 is 0 Å². The van der Waals surface area contributed by atoms with Crippen molar-refractivity contribution in [3.8, 4) is 0 Å². The topological polar surface area (TPSA) is 29.3 Å². The van der Waals surface area contributed by atoms with E-state index in [0.29, 0.717) is 12.6 Å². The van der Waals surface area contributed by atoms with Crippen LogP contribution >= 0.6 is 39.3 Å². The lowest BCUT2D eigenvalue weighted by Gasteiger charge is -2.33. The molecule has 0 aliphatic carbocycles. The number of nitrogens with zero attached hydrogens (tertiary/aromatic N) is 1. The van der Waals surface area contributed by atoms with Crippen molar-refractivity contribution in [2.75, 3.05) is 25.6 Å². The summed E-state index contributed by atoms with van der Waals surface area (Å²) in [6, 6.07) is 6.62. The van der Waals surface area contributed by atoms with Crippen molar-refractivity contribution in [3.05, 3.63) is 33.3 Å². The fourth-order valence-electron chi connectivity index (χ4n) is 2.08. The number of hydrogen-bond donors (Lipinski definition) is 1. The van der Waals surface area contributed by atoms with Gasteiger partial charge in [0.2, 0.25) is 0 Å². The predicted molar refractivity (Wildman–Crippen MR) is 91.2 cm³/mol. The predicted octanol–water partition coefficient (Wildman–Crippen LogP) is 4.18. The van der Waals surface area contributed by atoms with Crippen LogP contribution in [0.15, 0.2) is 22.7 Å². The van der Waals surface area contributed by atoms with Crippen molar-refractivity contribution < 1.29 is 0 Å². The first-order valence-corrected chi connectivity index (χ1v) is 8.93. The summed E-state index contributed by atoms with van der Waals surface area (Å²) in [5.41, 5.74) is 7.18. The number of thioether (sulfide) groups is 1. The van der Waals surface area contributed by atoms with Crippen LogP contribution in [-0.2, 0) is 0 Å². The van der Waals surface area contributed by atoms with E-state index in [-0.39, 0.29) is 6.04 Å². The second kappa shape index (κ2) is 8.53. The molecular weight excluding hydrogens is 344 g/mol. The molecule has 2 atom stereocenters. The first-order chi connectivity index (χ1) is 9.01. The molecule has 5 heteroatoms. The average Bonchev–Trinajstić information content (AvgIpc) is 2.38. The van der Waals surface area contributed by atoms with Gasteiger partial charge in [-0.3, -0.25) is 4.90 Å². The van der Waals surface area contributed by atoms with Crippen LogP contribution in [0.25, 0.3) is 0 Å². The van der Waals surface area contributed by atoms with Gasteiger partial charge in [-0.25, -0.2) is 0 Å². The Morgan fingerprint density at radius 2 is 2.16 bits per heavy atom. The largest absolute Gasteiger partial charge is 0.329 e. The van der Waals surface area contributed by atoms with E-state index >= 15 is 0 Å². The van der Waals surface area contributed by atoms with Gasteiger partial charge < -0.3 is 5.73 Å². The van der Waals surface area contributed by atoms with Gasteiger partial charge in [0, 0.05) is 28.1 Å². The maximum atomic E-state index is 6.00. The minimum atomic E-state index is 0.212. The van der Waals surface area contributed by atoms with Gasteiger partial charge in [-0.2, -0.15) is 11.8 Å². The third-order valence-electron chi connectivity index (χ3n) is 3.47. The smallest absolute Gasteiger partial charge is 0.0481 e. The van der Waals surface area contributed by atoms with Crippen LogP contribution in [0.1, 0.15) is 24.9 Å². The number of benzene rings is 1. The number of nitrogens with two attached hydrogens (primary N) is 1. The minimum Gasteiger partial charge on any atom is -0.329 e. The van der Waals surface area contributed by atoms with E-state index in [9.17, 15) is 0 Å². The summed E-state index contributed by atoms with van der Waals surface area (Å²) in [6.45, 7) is 2.85. The molecule has 2 unspecified atom stereocenters. The highest BCUT2D eigenvalue weighted by Crippen LogP contribution is 2.30. The molecule has 0 aromatic heterocycles. The number of rotatable bonds is 7. The summed E-state index contributed by atoms with van der Waals surface area (Å²) in [5, 5.41) is 0.740. The van der Waals surface area contributed by atoms with E-state index in [1.54, 1.807) is 0 Å². The maximum Gasteiger partial charge on any atom is 0.0481 e. The highest BCUT2D eigenvalue weighted by atomic mass is 79.9. The van der Waals surface area contributed by atoms with Gasteiger partial charge in [0.15, 0.2) is 0 Å². The molecule has 0 spiro atoms. The second-order valence-corrected chi connectivity index (χ2v) is 6.99. The first kappa shape index (κ1) is 17.3. The van der Waals surface area contributed by atoms with Gasteiger partial charge in [0.1, 0.15) is 0 Å².